The lowest BCUT2D eigenvalue weighted by atomic mass is 10.0. The average molecular weight is 532 g/mol. The Balaban J connectivity index is 1.54. The summed E-state index contributed by atoms with van der Waals surface area (Å²) in [5.74, 6) is 0.254. The molecule has 0 aliphatic rings. The Morgan fingerprint density at radius 2 is 1.67 bits per heavy atom. The van der Waals surface area contributed by atoms with Gasteiger partial charge in [-0.05, 0) is 56.5 Å². The molecule has 0 unspecified atom stereocenters. The van der Waals surface area contributed by atoms with Crippen LogP contribution in [0.4, 0.5) is 23.0 Å². The van der Waals surface area contributed by atoms with E-state index in [4.69, 9.17) is 4.74 Å². The Morgan fingerprint density at radius 1 is 1.00 bits per heavy atom. The van der Waals surface area contributed by atoms with E-state index in [0.717, 1.165) is 41.1 Å². The summed E-state index contributed by atoms with van der Waals surface area (Å²) in [6.45, 7) is 8.94. The van der Waals surface area contributed by atoms with Crippen molar-refractivity contribution < 1.29 is 9.53 Å². The number of nitrogens with zero attached hydrogens (tertiary/aromatic N) is 3. The summed E-state index contributed by atoms with van der Waals surface area (Å²) in [5.41, 5.74) is 3.14. The van der Waals surface area contributed by atoms with Crippen molar-refractivity contribution in [3.05, 3.63) is 74.5 Å². The number of esters is 1. The zero-order chi connectivity index (χ0) is 28.1. The number of aromatic nitrogens is 2. The molecule has 39 heavy (non-hydrogen) atoms. The highest BCUT2D eigenvalue weighted by Gasteiger charge is 2.30. The quantitative estimate of drug-likeness (QED) is 0.192. The lowest BCUT2D eigenvalue weighted by molar-refractivity contribution is -0.148. The molecule has 0 saturated heterocycles. The average Bonchev–Trinajstić information content (AvgIpc) is 3.23. The molecule has 0 radical (unpaired) electrons. The number of anilines is 4. The molecular formula is C30H37N5O4. The van der Waals surface area contributed by atoms with Crippen molar-refractivity contribution in [2.24, 2.45) is 7.05 Å². The van der Waals surface area contributed by atoms with E-state index in [9.17, 15) is 14.4 Å². The van der Waals surface area contributed by atoms with Gasteiger partial charge >= 0.3 is 5.97 Å². The Labute approximate surface area is 228 Å². The van der Waals surface area contributed by atoms with Gasteiger partial charge in [0.2, 0.25) is 5.95 Å². The molecule has 0 aliphatic heterocycles. The van der Waals surface area contributed by atoms with Gasteiger partial charge < -0.3 is 24.8 Å². The van der Waals surface area contributed by atoms with Crippen LogP contribution in [0.3, 0.4) is 0 Å². The van der Waals surface area contributed by atoms with Gasteiger partial charge in [-0.1, -0.05) is 38.1 Å². The Kier molecular flexibility index (Phi) is 8.69. The van der Waals surface area contributed by atoms with Gasteiger partial charge in [-0.15, -0.1) is 0 Å². The SMILES string of the molecule is CCCN(CCC)c1c(N[C@@H](Cc2ccc(Nc3nc4ccccc4n3C)cc2)C(=O)OC(C)C)c(=O)c1=O. The first-order valence-electron chi connectivity index (χ1n) is 13.6. The van der Waals surface area contributed by atoms with Crippen LogP contribution >= 0.6 is 0 Å². The maximum absolute atomic E-state index is 13.0. The summed E-state index contributed by atoms with van der Waals surface area (Å²) in [6, 6.07) is 14.8. The highest BCUT2D eigenvalue weighted by molar-refractivity contribution is 5.84. The summed E-state index contributed by atoms with van der Waals surface area (Å²) >= 11 is 0. The number of hydrogen-bond acceptors (Lipinski definition) is 8. The van der Waals surface area contributed by atoms with Crippen molar-refractivity contribution in [1.29, 1.82) is 0 Å². The normalized spacial score (nSPS) is 12.2. The molecule has 1 atom stereocenters. The van der Waals surface area contributed by atoms with Crippen LogP contribution in [-0.2, 0) is 23.0 Å². The van der Waals surface area contributed by atoms with Gasteiger partial charge in [0.1, 0.15) is 17.4 Å². The van der Waals surface area contributed by atoms with Crippen LogP contribution in [0, 0.1) is 0 Å². The number of nitrogens with one attached hydrogen (secondary N) is 2. The zero-order valence-electron chi connectivity index (χ0n) is 23.3. The fourth-order valence-electron chi connectivity index (χ4n) is 4.72. The predicted octanol–water partition coefficient (Wildman–Crippen LogP) is 4.51. The summed E-state index contributed by atoms with van der Waals surface area (Å²) in [5, 5.41) is 6.42. The van der Waals surface area contributed by atoms with E-state index >= 15 is 0 Å². The second-order valence-corrected chi connectivity index (χ2v) is 10.1. The third-order valence-electron chi connectivity index (χ3n) is 6.58. The minimum absolute atomic E-state index is 0.202. The Bertz CT molecular complexity index is 1490. The molecule has 0 bridgehead atoms. The molecule has 9 heteroatoms. The first-order valence-corrected chi connectivity index (χ1v) is 13.6. The molecular weight excluding hydrogens is 494 g/mol. The van der Waals surface area contributed by atoms with Crippen LogP contribution in [0.25, 0.3) is 11.0 Å². The van der Waals surface area contributed by atoms with E-state index in [1.165, 1.54) is 0 Å². The van der Waals surface area contributed by atoms with Gasteiger partial charge in [0.05, 0.1) is 17.1 Å². The van der Waals surface area contributed by atoms with Crippen LogP contribution in [0.15, 0.2) is 58.1 Å². The van der Waals surface area contributed by atoms with E-state index in [1.54, 1.807) is 13.8 Å². The molecule has 0 saturated carbocycles. The second kappa shape index (κ2) is 12.1. The van der Waals surface area contributed by atoms with Crippen LogP contribution < -0.4 is 26.4 Å². The van der Waals surface area contributed by atoms with Crippen molar-refractivity contribution in [2.45, 2.75) is 59.1 Å². The first-order chi connectivity index (χ1) is 18.7. The minimum Gasteiger partial charge on any atom is -0.461 e. The van der Waals surface area contributed by atoms with Crippen LogP contribution in [0.5, 0.6) is 0 Å². The number of para-hydroxylation sites is 2. The number of rotatable bonds is 13. The highest BCUT2D eigenvalue weighted by Crippen LogP contribution is 2.25. The first kappa shape index (κ1) is 27.9. The Hall–Kier alpha value is -4.14. The molecule has 2 N–H and O–H groups in total. The van der Waals surface area contributed by atoms with Gasteiger partial charge in [-0.2, -0.15) is 0 Å². The summed E-state index contributed by atoms with van der Waals surface area (Å²) in [6.07, 6.45) is 1.65. The third-order valence-corrected chi connectivity index (χ3v) is 6.58. The zero-order valence-corrected chi connectivity index (χ0v) is 23.3. The van der Waals surface area contributed by atoms with Crippen molar-refractivity contribution in [2.75, 3.05) is 28.6 Å². The van der Waals surface area contributed by atoms with Crippen LogP contribution in [-0.4, -0.2) is 40.8 Å². The second-order valence-electron chi connectivity index (χ2n) is 10.1. The highest BCUT2D eigenvalue weighted by atomic mass is 16.5. The molecule has 4 aromatic rings. The Morgan fingerprint density at radius 3 is 2.28 bits per heavy atom. The molecule has 0 amide bonds. The van der Waals surface area contributed by atoms with E-state index in [2.05, 4.69) is 15.6 Å². The number of fused-ring (bicyclic) bond motifs is 1. The fourth-order valence-corrected chi connectivity index (χ4v) is 4.72. The van der Waals surface area contributed by atoms with Gasteiger partial charge in [-0.25, -0.2) is 9.78 Å². The van der Waals surface area contributed by atoms with Crippen LogP contribution in [0.2, 0.25) is 0 Å². The molecule has 1 heterocycles. The summed E-state index contributed by atoms with van der Waals surface area (Å²) in [7, 11) is 1.96. The molecule has 0 fully saturated rings. The van der Waals surface area contributed by atoms with E-state index in [-0.39, 0.29) is 18.2 Å². The predicted molar refractivity (Wildman–Crippen MR) is 157 cm³/mol. The molecule has 0 spiro atoms. The monoisotopic (exact) mass is 531 g/mol. The number of aryl methyl sites for hydroxylation is 1. The summed E-state index contributed by atoms with van der Waals surface area (Å²) < 4.78 is 7.49. The topological polar surface area (TPSA) is 106 Å². The van der Waals surface area contributed by atoms with E-state index in [0.29, 0.717) is 18.8 Å². The number of hydrogen-bond donors (Lipinski definition) is 2. The third kappa shape index (κ3) is 6.13. The smallest absolute Gasteiger partial charge is 0.329 e. The summed E-state index contributed by atoms with van der Waals surface area (Å²) in [4.78, 5) is 44.7. The number of carbonyl (C=O) groups excluding carboxylic acids is 1. The maximum atomic E-state index is 13.0. The lowest BCUT2D eigenvalue weighted by Gasteiger charge is -2.29. The number of benzene rings is 2. The van der Waals surface area contributed by atoms with Crippen molar-refractivity contribution in [1.82, 2.24) is 9.55 Å². The van der Waals surface area contributed by atoms with Gasteiger partial charge in [0.25, 0.3) is 10.9 Å². The van der Waals surface area contributed by atoms with E-state index < -0.39 is 22.9 Å². The van der Waals surface area contributed by atoms with Gasteiger partial charge in [-0.3, -0.25) is 9.59 Å². The number of imidazole rings is 1. The van der Waals surface area contributed by atoms with Crippen LogP contribution in [0.1, 0.15) is 46.1 Å². The molecule has 3 aromatic carbocycles. The largest absolute Gasteiger partial charge is 0.461 e. The van der Waals surface area contributed by atoms with E-state index in [1.807, 2.05) is 78.9 Å². The van der Waals surface area contributed by atoms with Crippen molar-refractivity contribution in [3.63, 3.8) is 0 Å². The number of ether oxygens (including phenoxy) is 1. The maximum Gasteiger partial charge on any atom is 0.329 e. The molecule has 1 aromatic heterocycles. The van der Waals surface area contributed by atoms with Gasteiger partial charge in [0.15, 0.2) is 0 Å². The molecule has 206 valence electrons. The standard InChI is InChI=1S/C30H37N5O4/c1-6-16-35(17-7-2)26-25(27(36)28(26)37)32-23(29(38)39-19(3)4)18-20-12-14-21(15-13-20)31-30-33-22-10-8-9-11-24(22)34(30)5/h8-15,19,23,32H,6-7,16-18H2,1-5H3,(H,31,33)/t23-/m0/s1. The van der Waals surface area contributed by atoms with Gasteiger partial charge in [0, 0.05) is 32.2 Å². The molecule has 4 rings (SSSR count). The lowest BCUT2D eigenvalue weighted by Crippen LogP contribution is -2.46. The van der Waals surface area contributed by atoms with Crippen molar-refractivity contribution >= 4 is 40.0 Å². The van der Waals surface area contributed by atoms with Crippen molar-refractivity contribution in [3.8, 4) is 0 Å². The minimum atomic E-state index is -0.821. The fraction of sp³-hybridized carbons (Fsp3) is 0.400. The molecule has 9 nitrogen and oxygen atoms in total. The number of carbonyl (C=O) groups is 1. The molecule has 0 aliphatic carbocycles.